The zero-order valence-electron chi connectivity index (χ0n) is 17.0. The Labute approximate surface area is 175 Å². The minimum Gasteiger partial charge on any atom is -0.508 e. The number of thiophene rings is 1. The predicted molar refractivity (Wildman–Crippen MR) is 118 cm³/mol. The van der Waals surface area contributed by atoms with Gasteiger partial charge in [0.25, 0.3) is 0 Å². The maximum Gasteiger partial charge on any atom is 0.178 e. The second kappa shape index (κ2) is 8.43. The molecule has 0 amide bonds. The number of anilines is 1. The monoisotopic (exact) mass is 409 g/mol. The number of carbonyl (C=O) groups excluding carboxylic acids is 1. The summed E-state index contributed by atoms with van der Waals surface area (Å²) in [5.41, 5.74) is 4.16. The van der Waals surface area contributed by atoms with Gasteiger partial charge in [0, 0.05) is 53.7 Å². The number of piperazine rings is 1. The second-order valence-corrected chi connectivity index (χ2v) is 8.69. The minimum atomic E-state index is 0.202. The molecule has 1 N–H and O–H groups in total. The lowest BCUT2D eigenvalue weighted by Crippen LogP contribution is -2.48. The summed E-state index contributed by atoms with van der Waals surface area (Å²) in [7, 11) is 0. The fraction of sp³-hybridized carbons (Fsp3) is 0.348. The summed E-state index contributed by atoms with van der Waals surface area (Å²) in [6, 6.07) is 13.6. The fourth-order valence-electron chi connectivity index (χ4n) is 4.00. The molecule has 3 aromatic rings. The Balaban J connectivity index is 1.37. The van der Waals surface area contributed by atoms with Gasteiger partial charge in [-0.25, -0.2) is 0 Å². The van der Waals surface area contributed by atoms with Crippen molar-refractivity contribution in [3.05, 3.63) is 69.7 Å². The number of rotatable bonds is 6. The SMILES string of the molecule is Cc1cc(C(=O)CN2CCN(c3ccc(O)cc3)CC2)c(C)n1Cc1cccs1. The van der Waals surface area contributed by atoms with E-state index in [1.807, 2.05) is 18.2 Å². The van der Waals surface area contributed by atoms with Crippen LogP contribution in [0.5, 0.6) is 5.75 Å². The van der Waals surface area contributed by atoms with Crippen LogP contribution in [0, 0.1) is 13.8 Å². The van der Waals surface area contributed by atoms with Gasteiger partial charge in [0.2, 0.25) is 0 Å². The van der Waals surface area contributed by atoms with E-state index in [2.05, 4.69) is 45.7 Å². The third-order valence-corrected chi connectivity index (χ3v) is 6.58. The lowest BCUT2D eigenvalue weighted by atomic mass is 10.1. The molecule has 0 atom stereocenters. The maximum absolute atomic E-state index is 13.0. The second-order valence-electron chi connectivity index (χ2n) is 7.65. The highest BCUT2D eigenvalue weighted by Crippen LogP contribution is 2.22. The molecule has 1 aliphatic heterocycles. The summed E-state index contributed by atoms with van der Waals surface area (Å²) in [4.78, 5) is 18.8. The van der Waals surface area contributed by atoms with E-state index in [4.69, 9.17) is 0 Å². The number of hydrogen-bond donors (Lipinski definition) is 1. The van der Waals surface area contributed by atoms with E-state index in [0.717, 1.165) is 55.4 Å². The molecular weight excluding hydrogens is 382 g/mol. The van der Waals surface area contributed by atoms with Gasteiger partial charge in [0.15, 0.2) is 5.78 Å². The van der Waals surface area contributed by atoms with Gasteiger partial charge in [0.05, 0.1) is 13.1 Å². The number of Topliss-reactive ketones (excluding diaryl/α,β-unsaturated/α-hetero) is 1. The van der Waals surface area contributed by atoms with Gasteiger partial charge in [-0.15, -0.1) is 11.3 Å². The Morgan fingerprint density at radius 3 is 2.45 bits per heavy atom. The molecule has 1 aromatic carbocycles. The van der Waals surface area contributed by atoms with Gasteiger partial charge >= 0.3 is 0 Å². The smallest absolute Gasteiger partial charge is 0.178 e. The molecule has 2 aromatic heterocycles. The van der Waals surface area contributed by atoms with Crippen LogP contribution in [0.15, 0.2) is 47.8 Å². The number of carbonyl (C=O) groups is 1. The number of aromatic nitrogens is 1. The number of phenolic OH excluding ortho intramolecular Hbond substituents is 1. The molecule has 0 bridgehead atoms. The average Bonchev–Trinajstić information content (AvgIpc) is 3.33. The number of aryl methyl sites for hydroxylation is 1. The normalized spacial score (nSPS) is 15.0. The quantitative estimate of drug-likeness (QED) is 0.627. The van der Waals surface area contributed by atoms with Crippen LogP contribution >= 0.6 is 11.3 Å². The molecule has 0 unspecified atom stereocenters. The summed E-state index contributed by atoms with van der Waals surface area (Å²) >= 11 is 1.75. The van der Waals surface area contributed by atoms with E-state index >= 15 is 0 Å². The van der Waals surface area contributed by atoms with E-state index in [-0.39, 0.29) is 11.5 Å². The number of nitrogens with zero attached hydrogens (tertiary/aromatic N) is 3. The van der Waals surface area contributed by atoms with Crippen molar-refractivity contribution in [2.75, 3.05) is 37.6 Å². The lowest BCUT2D eigenvalue weighted by Gasteiger charge is -2.35. The third kappa shape index (κ3) is 4.38. The molecule has 1 fully saturated rings. The van der Waals surface area contributed by atoms with E-state index < -0.39 is 0 Å². The van der Waals surface area contributed by atoms with Crippen molar-refractivity contribution in [2.24, 2.45) is 0 Å². The Bertz CT molecular complexity index is 968. The summed E-state index contributed by atoms with van der Waals surface area (Å²) < 4.78 is 2.24. The Hall–Kier alpha value is -2.57. The first kappa shape index (κ1) is 19.7. The van der Waals surface area contributed by atoms with Crippen LogP contribution in [-0.2, 0) is 6.54 Å². The molecule has 1 aliphatic rings. The third-order valence-electron chi connectivity index (χ3n) is 5.72. The van der Waals surface area contributed by atoms with Crippen molar-refractivity contribution >= 4 is 22.8 Å². The van der Waals surface area contributed by atoms with Crippen molar-refractivity contribution < 1.29 is 9.90 Å². The summed E-state index contributed by atoms with van der Waals surface area (Å²) in [5.74, 6) is 0.489. The number of benzene rings is 1. The molecule has 6 heteroatoms. The maximum atomic E-state index is 13.0. The van der Waals surface area contributed by atoms with Crippen LogP contribution in [-0.4, -0.2) is 53.1 Å². The number of phenols is 1. The molecule has 152 valence electrons. The standard InChI is InChI=1S/C23H27N3O2S/c1-17-14-22(18(2)26(17)15-21-4-3-13-29-21)23(28)16-24-9-11-25(12-10-24)19-5-7-20(27)8-6-19/h3-8,13-14,27H,9-12,15-16H2,1-2H3. The highest BCUT2D eigenvalue weighted by molar-refractivity contribution is 7.09. The minimum absolute atomic E-state index is 0.202. The number of aromatic hydroxyl groups is 1. The molecule has 0 radical (unpaired) electrons. The molecule has 29 heavy (non-hydrogen) atoms. The number of ketones is 1. The van der Waals surface area contributed by atoms with Crippen LogP contribution in [0.4, 0.5) is 5.69 Å². The molecular formula is C23H27N3O2S. The zero-order chi connectivity index (χ0) is 20.4. The Kier molecular flexibility index (Phi) is 5.74. The van der Waals surface area contributed by atoms with Crippen LogP contribution < -0.4 is 4.90 Å². The van der Waals surface area contributed by atoms with Gasteiger partial charge in [-0.3, -0.25) is 9.69 Å². The van der Waals surface area contributed by atoms with Crippen molar-refractivity contribution in [1.29, 1.82) is 0 Å². The molecule has 0 aliphatic carbocycles. The van der Waals surface area contributed by atoms with Crippen molar-refractivity contribution in [3.8, 4) is 5.75 Å². The first-order chi connectivity index (χ1) is 14.0. The predicted octanol–water partition coefficient (Wildman–Crippen LogP) is 3.93. The summed E-state index contributed by atoms with van der Waals surface area (Å²) in [6.07, 6.45) is 0. The van der Waals surface area contributed by atoms with Crippen molar-refractivity contribution in [1.82, 2.24) is 9.47 Å². The highest BCUT2D eigenvalue weighted by Gasteiger charge is 2.22. The van der Waals surface area contributed by atoms with Gasteiger partial charge in [-0.05, 0) is 55.6 Å². The summed E-state index contributed by atoms with van der Waals surface area (Å²) in [6.45, 7) is 8.91. The van der Waals surface area contributed by atoms with Crippen molar-refractivity contribution in [2.45, 2.75) is 20.4 Å². The van der Waals surface area contributed by atoms with E-state index in [0.29, 0.717) is 6.54 Å². The van der Waals surface area contributed by atoms with Gasteiger partial charge in [-0.1, -0.05) is 6.07 Å². The highest BCUT2D eigenvalue weighted by atomic mass is 32.1. The number of hydrogen-bond acceptors (Lipinski definition) is 5. The zero-order valence-corrected chi connectivity index (χ0v) is 17.8. The van der Waals surface area contributed by atoms with Crippen LogP contribution in [0.1, 0.15) is 26.6 Å². The lowest BCUT2D eigenvalue weighted by molar-refractivity contribution is 0.0925. The first-order valence-corrected chi connectivity index (χ1v) is 10.9. The molecule has 3 heterocycles. The Morgan fingerprint density at radius 1 is 1.07 bits per heavy atom. The van der Waals surface area contributed by atoms with Gasteiger partial charge < -0.3 is 14.6 Å². The fourth-order valence-corrected chi connectivity index (χ4v) is 4.69. The van der Waals surface area contributed by atoms with Crippen LogP contribution in [0.3, 0.4) is 0 Å². The van der Waals surface area contributed by atoms with E-state index in [1.54, 1.807) is 23.5 Å². The van der Waals surface area contributed by atoms with Gasteiger partial charge in [-0.2, -0.15) is 0 Å². The van der Waals surface area contributed by atoms with Crippen molar-refractivity contribution in [3.63, 3.8) is 0 Å². The molecule has 5 nitrogen and oxygen atoms in total. The van der Waals surface area contributed by atoms with Gasteiger partial charge in [0.1, 0.15) is 5.75 Å². The first-order valence-electron chi connectivity index (χ1n) is 10.00. The Morgan fingerprint density at radius 2 is 1.79 bits per heavy atom. The largest absolute Gasteiger partial charge is 0.508 e. The molecule has 4 rings (SSSR count). The average molecular weight is 410 g/mol. The molecule has 0 saturated carbocycles. The van der Waals surface area contributed by atoms with E-state index in [1.165, 1.54) is 4.88 Å². The topological polar surface area (TPSA) is 48.7 Å². The van der Waals surface area contributed by atoms with Crippen LogP contribution in [0.25, 0.3) is 0 Å². The van der Waals surface area contributed by atoms with Crippen LogP contribution in [0.2, 0.25) is 0 Å². The summed E-state index contributed by atoms with van der Waals surface area (Å²) in [5, 5.41) is 11.5. The molecule has 1 saturated heterocycles. The molecule has 0 spiro atoms. The van der Waals surface area contributed by atoms with E-state index in [9.17, 15) is 9.90 Å².